The van der Waals surface area contributed by atoms with Gasteiger partial charge in [-0.2, -0.15) is 0 Å². The number of thiazole rings is 1. The number of nitrogens with zero attached hydrogens (tertiary/aromatic N) is 2. The third-order valence-corrected chi connectivity index (χ3v) is 6.72. The molecule has 27 heavy (non-hydrogen) atoms. The molecule has 0 amide bonds. The zero-order valence-electron chi connectivity index (χ0n) is 14.6. The van der Waals surface area contributed by atoms with Crippen molar-refractivity contribution in [1.82, 2.24) is 15.3 Å². The average Bonchev–Trinajstić information content (AvgIpc) is 3.29. The van der Waals surface area contributed by atoms with Crippen LogP contribution in [0.15, 0.2) is 42.0 Å². The summed E-state index contributed by atoms with van der Waals surface area (Å²) in [6, 6.07) is 7.67. The first-order valence-electron chi connectivity index (χ1n) is 8.81. The van der Waals surface area contributed by atoms with Gasteiger partial charge in [0.15, 0.2) is 0 Å². The molecule has 0 saturated carbocycles. The molecule has 1 aliphatic rings. The Morgan fingerprint density at radius 1 is 1.22 bits per heavy atom. The summed E-state index contributed by atoms with van der Waals surface area (Å²) in [5, 5.41) is 7.75. The van der Waals surface area contributed by atoms with Crippen LogP contribution in [0, 0.1) is 5.82 Å². The van der Waals surface area contributed by atoms with Crippen LogP contribution in [0.5, 0.6) is 0 Å². The van der Waals surface area contributed by atoms with E-state index in [0.717, 1.165) is 39.1 Å². The van der Waals surface area contributed by atoms with Gasteiger partial charge < -0.3 is 10.6 Å². The van der Waals surface area contributed by atoms with Gasteiger partial charge in [0.05, 0.1) is 27.1 Å². The fourth-order valence-corrected chi connectivity index (χ4v) is 5.28. The van der Waals surface area contributed by atoms with Crippen molar-refractivity contribution < 1.29 is 4.39 Å². The van der Waals surface area contributed by atoms with E-state index in [-0.39, 0.29) is 5.82 Å². The molecule has 0 bridgehead atoms. The molecule has 1 atom stereocenters. The lowest BCUT2D eigenvalue weighted by molar-refractivity contribution is 0.628. The van der Waals surface area contributed by atoms with E-state index in [1.807, 2.05) is 6.07 Å². The fourth-order valence-electron chi connectivity index (χ4n) is 3.44. The van der Waals surface area contributed by atoms with Crippen molar-refractivity contribution in [3.8, 4) is 0 Å². The largest absolute Gasteiger partial charge is 0.352 e. The smallest absolute Gasteiger partial charge is 0.148 e. The molecular formula is C20H17FN4S2. The Labute approximate surface area is 163 Å². The molecule has 0 radical (unpaired) electrons. The molecule has 0 unspecified atom stereocenters. The Balaban J connectivity index is 1.56. The summed E-state index contributed by atoms with van der Waals surface area (Å²) in [5.41, 5.74) is 5.13. The quantitative estimate of drug-likeness (QED) is 0.476. The van der Waals surface area contributed by atoms with Crippen LogP contribution in [0.1, 0.15) is 18.2 Å². The third kappa shape index (κ3) is 3.01. The number of fused-ring (bicyclic) bond motifs is 2. The van der Waals surface area contributed by atoms with Crippen molar-refractivity contribution in [2.75, 3.05) is 11.9 Å². The van der Waals surface area contributed by atoms with Crippen LogP contribution in [0.3, 0.4) is 0 Å². The van der Waals surface area contributed by atoms with E-state index in [1.165, 1.54) is 27.9 Å². The number of aromatic nitrogens is 2. The zero-order chi connectivity index (χ0) is 18.4. The van der Waals surface area contributed by atoms with Gasteiger partial charge in [0.25, 0.3) is 0 Å². The van der Waals surface area contributed by atoms with Crippen LogP contribution < -0.4 is 10.6 Å². The number of hydrogen-bond acceptors (Lipinski definition) is 6. The Morgan fingerprint density at radius 2 is 2.15 bits per heavy atom. The summed E-state index contributed by atoms with van der Waals surface area (Å²) in [7, 11) is 0. The van der Waals surface area contributed by atoms with Crippen molar-refractivity contribution in [3.63, 3.8) is 0 Å². The normalized spacial score (nSPS) is 17.4. The van der Waals surface area contributed by atoms with Crippen LogP contribution in [0.2, 0.25) is 0 Å². The van der Waals surface area contributed by atoms with Crippen molar-refractivity contribution in [2.24, 2.45) is 0 Å². The highest BCUT2D eigenvalue weighted by molar-refractivity contribution is 7.19. The van der Waals surface area contributed by atoms with Gasteiger partial charge in [0.2, 0.25) is 0 Å². The Hall–Kier alpha value is -2.35. The lowest BCUT2D eigenvalue weighted by Crippen LogP contribution is -2.30. The molecule has 2 N–H and O–H groups in total. The van der Waals surface area contributed by atoms with E-state index in [9.17, 15) is 4.39 Å². The van der Waals surface area contributed by atoms with Crippen LogP contribution in [-0.2, 0) is 0 Å². The standard InChI is InChI=1S/C20H17FN4S2/c1-11-12(3-2-5-22-11)18-7-13-15(4-6-23-20(13)27-18)25-16-9-17-19(8-14(16)21)26-10-24-17/h3-4,6-11,22H,2,5H2,1H3,(H,23,25)/t11-/m1/s1. The van der Waals surface area contributed by atoms with Gasteiger partial charge in [-0.3, -0.25) is 0 Å². The number of thiophene rings is 1. The van der Waals surface area contributed by atoms with Gasteiger partial charge in [0.1, 0.15) is 10.6 Å². The second-order valence-electron chi connectivity index (χ2n) is 6.59. The molecule has 4 aromatic rings. The maximum atomic E-state index is 14.5. The fraction of sp³-hybridized carbons (Fsp3) is 0.200. The lowest BCUT2D eigenvalue weighted by atomic mass is 10.0. The maximum absolute atomic E-state index is 14.5. The molecule has 0 fully saturated rings. The molecule has 7 heteroatoms. The number of rotatable bonds is 3. The molecule has 0 aliphatic carbocycles. The summed E-state index contributed by atoms with van der Waals surface area (Å²) < 4.78 is 15.4. The first-order valence-corrected chi connectivity index (χ1v) is 10.5. The summed E-state index contributed by atoms with van der Waals surface area (Å²) in [5.74, 6) is -0.278. The molecular weight excluding hydrogens is 379 g/mol. The number of nitrogens with one attached hydrogen (secondary N) is 2. The van der Waals surface area contributed by atoms with Crippen LogP contribution in [0.4, 0.5) is 15.8 Å². The third-order valence-electron chi connectivity index (χ3n) is 4.84. The highest BCUT2D eigenvalue weighted by Crippen LogP contribution is 2.37. The number of hydrogen-bond donors (Lipinski definition) is 2. The van der Waals surface area contributed by atoms with Gasteiger partial charge in [-0.1, -0.05) is 6.08 Å². The number of benzene rings is 1. The zero-order valence-corrected chi connectivity index (χ0v) is 16.3. The van der Waals surface area contributed by atoms with E-state index in [1.54, 1.807) is 29.1 Å². The maximum Gasteiger partial charge on any atom is 0.148 e. The second kappa shape index (κ2) is 6.67. The van der Waals surface area contributed by atoms with E-state index < -0.39 is 0 Å². The molecule has 1 aromatic carbocycles. The number of anilines is 2. The predicted molar refractivity (Wildman–Crippen MR) is 113 cm³/mol. The minimum Gasteiger partial charge on any atom is -0.352 e. The van der Waals surface area contributed by atoms with Crippen molar-refractivity contribution in [1.29, 1.82) is 0 Å². The molecule has 3 aromatic heterocycles. The number of halogens is 1. The number of pyridine rings is 1. The Bertz CT molecular complexity index is 1180. The topological polar surface area (TPSA) is 49.8 Å². The van der Waals surface area contributed by atoms with Crippen LogP contribution in [-0.4, -0.2) is 22.6 Å². The predicted octanol–water partition coefficient (Wildman–Crippen LogP) is 5.55. The van der Waals surface area contributed by atoms with E-state index in [0.29, 0.717) is 11.7 Å². The molecule has 4 nitrogen and oxygen atoms in total. The van der Waals surface area contributed by atoms with Crippen molar-refractivity contribution in [2.45, 2.75) is 19.4 Å². The molecule has 1 aliphatic heterocycles. The van der Waals surface area contributed by atoms with Gasteiger partial charge in [-0.25, -0.2) is 14.4 Å². The highest BCUT2D eigenvalue weighted by Gasteiger charge is 2.18. The molecule has 136 valence electrons. The summed E-state index contributed by atoms with van der Waals surface area (Å²) in [6.07, 6.45) is 5.10. The van der Waals surface area contributed by atoms with E-state index >= 15 is 0 Å². The average molecular weight is 397 g/mol. The lowest BCUT2D eigenvalue weighted by Gasteiger charge is -2.21. The molecule has 4 heterocycles. The van der Waals surface area contributed by atoms with E-state index in [2.05, 4.69) is 39.7 Å². The Morgan fingerprint density at radius 3 is 3.04 bits per heavy atom. The minimum absolute atomic E-state index is 0.278. The van der Waals surface area contributed by atoms with Gasteiger partial charge in [-0.05, 0) is 49.7 Å². The van der Waals surface area contributed by atoms with Crippen LogP contribution >= 0.6 is 22.7 Å². The molecule has 5 rings (SSSR count). The van der Waals surface area contributed by atoms with Gasteiger partial charge in [-0.15, -0.1) is 22.7 Å². The minimum atomic E-state index is -0.278. The first kappa shape index (κ1) is 16.8. The summed E-state index contributed by atoms with van der Waals surface area (Å²) >= 11 is 3.12. The molecule has 0 saturated heterocycles. The molecule has 0 spiro atoms. The van der Waals surface area contributed by atoms with Crippen molar-refractivity contribution in [3.05, 3.63) is 52.7 Å². The summed E-state index contributed by atoms with van der Waals surface area (Å²) in [4.78, 5) is 11.0. The SMILES string of the molecule is C[C@H]1NCCC=C1c1cc2c(Nc3cc4ncsc4cc3F)ccnc2s1. The van der Waals surface area contributed by atoms with Gasteiger partial charge in [0, 0.05) is 22.5 Å². The van der Waals surface area contributed by atoms with Gasteiger partial charge >= 0.3 is 0 Å². The summed E-state index contributed by atoms with van der Waals surface area (Å²) in [6.45, 7) is 3.19. The Kier molecular flexibility index (Phi) is 4.15. The van der Waals surface area contributed by atoms with Crippen molar-refractivity contribution >= 4 is 60.1 Å². The van der Waals surface area contributed by atoms with Crippen LogP contribution in [0.25, 0.3) is 26.0 Å². The first-order chi connectivity index (χ1) is 13.2. The second-order valence-corrected chi connectivity index (χ2v) is 8.51. The highest BCUT2D eigenvalue weighted by atomic mass is 32.1. The monoisotopic (exact) mass is 396 g/mol. The van der Waals surface area contributed by atoms with E-state index in [4.69, 9.17) is 0 Å².